The van der Waals surface area contributed by atoms with Crippen molar-refractivity contribution in [3.63, 3.8) is 0 Å². The summed E-state index contributed by atoms with van der Waals surface area (Å²) in [7, 11) is 0. The molecule has 110 valence electrons. The zero-order valence-electron chi connectivity index (χ0n) is 11.2. The lowest BCUT2D eigenvalue weighted by molar-refractivity contribution is -0.402. The Morgan fingerprint density at radius 3 is 2.60 bits per heavy atom. The third-order valence-corrected chi connectivity index (χ3v) is 3.52. The predicted octanol–water partition coefficient (Wildman–Crippen LogP) is 0.778. The molecule has 0 bridgehead atoms. The fraction of sp³-hybridized carbons (Fsp3) is 0.583. The van der Waals surface area contributed by atoms with Crippen LogP contribution in [-0.2, 0) is 11.3 Å². The van der Waals surface area contributed by atoms with Crippen molar-refractivity contribution in [1.29, 1.82) is 0 Å². The van der Waals surface area contributed by atoms with Crippen molar-refractivity contribution in [3.05, 3.63) is 28.0 Å². The smallest absolute Gasteiger partial charge is 0.433 e. The summed E-state index contributed by atoms with van der Waals surface area (Å²) < 4.78 is 5.11. The lowest BCUT2D eigenvalue weighted by Crippen LogP contribution is -2.51. The van der Waals surface area contributed by atoms with E-state index in [1.165, 1.54) is 6.07 Å². The molecule has 1 atom stereocenters. The molecule has 1 aromatic rings. The van der Waals surface area contributed by atoms with E-state index in [1.807, 2.05) is 4.90 Å². The molecule has 0 radical (unpaired) electrons. The first kappa shape index (κ1) is 14.5. The van der Waals surface area contributed by atoms with Gasteiger partial charge in [-0.1, -0.05) is 0 Å². The largest absolute Gasteiger partial charge is 0.480 e. The highest BCUT2D eigenvalue weighted by atomic mass is 16.6. The van der Waals surface area contributed by atoms with Crippen LogP contribution in [0.1, 0.15) is 12.7 Å². The summed E-state index contributed by atoms with van der Waals surface area (Å²) in [5.74, 6) is -0.519. The molecule has 20 heavy (non-hydrogen) atoms. The summed E-state index contributed by atoms with van der Waals surface area (Å²) in [6.07, 6.45) is 0. The number of nitro groups is 1. The zero-order chi connectivity index (χ0) is 14.7. The minimum absolute atomic E-state index is 0.252. The van der Waals surface area contributed by atoms with E-state index in [0.717, 1.165) is 0 Å². The number of nitrogens with zero attached hydrogens (tertiary/aromatic N) is 3. The molecule has 2 heterocycles. The van der Waals surface area contributed by atoms with E-state index < -0.39 is 16.9 Å². The van der Waals surface area contributed by atoms with Crippen molar-refractivity contribution >= 4 is 11.9 Å². The predicted molar refractivity (Wildman–Crippen MR) is 69.3 cm³/mol. The summed E-state index contributed by atoms with van der Waals surface area (Å²) in [6.45, 7) is 4.93. The Hall–Kier alpha value is -1.93. The molecule has 0 aliphatic carbocycles. The molecule has 8 heteroatoms. The number of furan rings is 1. The number of rotatable bonds is 5. The number of carboxylic acids is 1. The highest BCUT2D eigenvalue weighted by Crippen LogP contribution is 2.18. The SMILES string of the molecule is CC(C(=O)O)N1CCN(Cc2ccc([N+](=O)[O-])o2)CC1. The average Bonchev–Trinajstić information content (AvgIpc) is 2.87. The van der Waals surface area contributed by atoms with Crippen LogP contribution in [0.3, 0.4) is 0 Å². The van der Waals surface area contributed by atoms with Gasteiger partial charge in [0.05, 0.1) is 12.6 Å². The Bertz CT molecular complexity index is 493. The van der Waals surface area contributed by atoms with E-state index in [9.17, 15) is 14.9 Å². The maximum atomic E-state index is 10.9. The molecule has 2 rings (SSSR count). The van der Waals surface area contributed by atoms with Crippen molar-refractivity contribution in [2.24, 2.45) is 0 Å². The second-order valence-electron chi connectivity index (χ2n) is 4.82. The molecular formula is C12H17N3O5. The van der Waals surface area contributed by atoms with Gasteiger partial charge in [-0.3, -0.25) is 24.7 Å². The number of carbonyl (C=O) groups is 1. The lowest BCUT2D eigenvalue weighted by Gasteiger charge is -2.36. The van der Waals surface area contributed by atoms with Gasteiger partial charge in [0, 0.05) is 26.2 Å². The molecule has 8 nitrogen and oxygen atoms in total. The van der Waals surface area contributed by atoms with Crippen molar-refractivity contribution in [2.75, 3.05) is 26.2 Å². The van der Waals surface area contributed by atoms with E-state index in [1.54, 1.807) is 13.0 Å². The van der Waals surface area contributed by atoms with Crippen LogP contribution in [0.15, 0.2) is 16.5 Å². The van der Waals surface area contributed by atoms with Crippen LogP contribution in [0.5, 0.6) is 0 Å². The zero-order valence-corrected chi connectivity index (χ0v) is 11.2. The third kappa shape index (κ3) is 3.34. The fourth-order valence-corrected chi connectivity index (χ4v) is 2.24. The first-order valence-corrected chi connectivity index (χ1v) is 6.39. The molecule has 1 unspecified atom stereocenters. The van der Waals surface area contributed by atoms with Crippen molar-refractivity contribution in [3.8, 4) is 0 Å². The highest BCUT2D eigenvalue weighted by Gasteiger charge is 2.25. The van der Waals surface area contributed by atoms with Gasteiger partial charge in [0.2, 0.25) is 0 Å². The van der Waals surface area contributed by atoms with Crippen LogP contribution in [0.2, 0.25) is 0 Å². The maximum absolute atomic E-state index is 10.9. The van der Waals surface area contributed by atoms with E-state index in [-0.39, 0.29) is 5.88 Å². The summed E-state index contributed by atoms with van der Waals surface area (Å²) >= 11 is 0. The van der Waals surface area contributed by atoms with Gasteiger partial charge in [-0.2, -0.15) is 0 Å². The Morgan fingerprint density at radius 2 is 2.10 bits per heavy atom. The molecular weight excluding hydrogens is 266 g/mol. The topological polar surface area (TPSA) is 100 Å². The van der Waals surface area contributed by atoms with Crippen LogP contribution in [-0.4, -0.2) is 58.0 Å². The van der Waals surface area contributed by atoms with Gasteiger partial charge in [-0.05, 0) is 13.0 Å². The minimum atomic E-state index is -0.819. The van der Waals surface area contributed by atoms with Gasteiger partial charge < -0.3 is 9.52 Å². The minimum Gasteiger partial charge on any atom is -0.480 e. The van der Waals surface area contributed by atoms with Gasteiger partial charge in [0.15, 0.2) is 0 Å². The summed E-state index contributed by atoms with van der Waals surface area (Å²) in [5.41, 5.74) is 0. The van der Waals surface area contributed by atoms with Crippen molar-refractivity contribution in [2.45, 2.75) is 19.5 Å². The van der Waals surface area contributed by atoms with Crippen LogP contribution in [0.4, 0.5) is 5.88 Å². The summed E-state index contributed by atoms with van der Waals surface area (Å²) in [4.78, 5) is 24.9. The number of aliphatic carboxylic acids is 1. The normalized spacial score (nSPS) is 18.9. The lowest BCUT2D eigenvalue weighted by atomic mass is 10.2. The Labute approximate surface area is 115 Å². The van der Waals surface area contributed by atoms with Gasteiger partial charge in [-0.25, -0.2) is 0 Å². The van der Waals surface area contributed by atoms with Crippen molar-refractivity contribution < 1.29 is 19.2 Å². The van der Waals surface area contributed by atoms with Crippen LogP contribution in [0, 0.1) is 10.1 Å². The van der Waals surface area contributed by atoms with E-state index >= 15 is 0 Å². The molecule has 1 aliphatic heterocycles. The molecule has 0 aromatic carbocycles. The molecule has 1 aliphatic rings. The highest BCUT2D eigenvalue weighted by molar-refractivity contribution is 5.72. The second-order valence-corrected chi connectivity index (χ2v) is 4.82. The summed E-state index contributed by atoms with van der Waals surface area (Å²) in [5, 5.41) is 19.5. The first-order valence-electron chi connectivity index (χ1n) is 6.39. The van der Waals surface area contributed by atoms with E-state index in [0.29, 0.717) is 38.5 Å². The summed E-state index contributed by atoms with van der Waals surface area (Å²) in [6, 6.07) is 2.46. The number of carboxylic acid groups (broad SMARTS) is 1. The quantitative estimate of drug-likeness (QED) is 0.629. The van der Waals surface area contributed by atoms with E-state index in [2.05, 4.69) is 4.90 Å². The number of piperazine rings is 1. The maximum Gasteiger partial charge on any atom is 0.433 e. The number of hydrogen-bond donors (Lipinski definition) is 1. The Morgan fingerprint density at radius 1 is 1.45 bits per heavy atom. The van der Waals surface area contributed by atoms with Gasteiger partial charge >= 0.3 is 11.9 Å². The second kappa shape index (κ2) is 6.02. The van der Waals surface area contributed by atoms with Gasteiger partial charge in [0.1, 0.15) is 16.7 Å². The standard InChI is InChI=1S/C12H17N3O5/c1-9(12(16)17)14-6-4-13(5-7-14)8-10-2-3-11(20-10)15(18)19/h2-3,9H,4-8H2,1H3,(H,16,17). The molecule has 0 amide bonds. The molecule has 1 saturated heterocycles. The van der Waals surface area contributed by atoms with Crippen LogP contribution in [0.25, 0.3) is 0 Å². The van der Waals surface area contributed by atoms with Crippen LogP contribution >= 0.6 is 0 Å². The van der Waals surface area contributed by atoms with Gasteiger partial charge in [-0.15, -0.1) is 0 Å². The first-order chi connectivity index (χ1) is 9.47. The number of hydrogen-bond acceptors (Lipinski definition) is 6. The molecule has 1 fully saturated rings. The third-order valence-electron chi connectivity index (χ3n) is 3.52. The van der Waals surface area contributed by atoms with E-state index in [4.69, 9.17) is 9.52 Å². The van der Waals surface area contributed by atoms with Crippen molar-refractivity contribution in [1.82, 2.24) is 9.80 Å². The van der Waals surface area contributed by atoms with Crippen LogP contribution < -0.4 is 0 Å². The monoisotopic (exact) mass is 283 g/mol. The fourth-order valence-electron chi connectivity index (χ4n) is 2.24. The molecule has 1 aromatic heterocycles. The Kier molecular flexibility index (Phi) is 4.35. The Balaban J connectivity index is 1.85. The molecule has 0 saturated carbocycles. The van der Waals surface area contributed by atoms with Gasteiger partial charge in [0.25, 0.3) is 0 Å². The molecule has 0 spiro atoms. The average molecular weight is 283 g/mol. The molecule has 1 N–H and O–H groups in total.